The number of nitrogens with zero attached hydrogens (tertiary/aromatic N) is 2. The van der Waals surface area contributed by atoms with Crippen LogP contribution in [0.4, 0.5) is 17.1 Å². The average molecular weight is 377 g/mol. The van der Waals surface area contributed by atoms with E-state index in [4.69, 9.17) is 0 Å². The number of rotatable bonds is 5. The number of hydrogen-bond acceptors (Lipinski definition) is 4. The lowest BCUT2D eigenvalue weighted by atomic mass is 9.82. The monoisotopic (exact) mass is 377 g/mol. The average Bonchev–Trinajstić information content (AvgIpc) is 2.69. The van der Waals surface area contributed by atoms with E-state index in [-0.39, 0.29) is 5.91 Å². The number of hydrogen-bond donors (Lipinski definition) is 2. The van der Waals surface area contributed by atoms with Crippen LogP contribution >= 0.6 is 0 Å². The number of carboxylic acid groups (broad SMARTS) is 1. The number of allylic oxidation sites excluding steroid dienone is 2. The van der Waals surface area contributed by atoms with Gasteiger partial charge in [-0.2, -0.15) is 10.2 Å². The molecule has 1 aliphatic carbocycles. The van der Waals surface area contributed by atoms with Crippen LogP contribution in [0.25, 0.3) is 0 Å². The highest BCUT2D eigenvalue weighted by atomic mass is 16.4. The maximum atomic E-state index is 12.6. The van der Waals surface area contributed by atoms with Gasteiger partial charge in [-0.05, 0) is 62.1 Å². The highest BCUT2D eigenvalue weighted by Crippen LogP contribution is 2.29. The van der Waals surface area contributed by atoms with Gasteiger partial charge in [-0.25, -0.2) is 0 Å². The topological polar surface area (TPSA) is 91.1 Å². The van der Waals surface area contributed by atoms with Crippen molar-refractivity contribution >= 4 is 28.9 Å². The molecule has 6 heteroatoms. The van der Waals surface area contributed by atoms with Crippen LogP contribution in [0.5, 0.6) is 0 Å². The summed E-state index contributed by atoms with van der Waals surface area (Å²) in [5, 5.41) is 20.8. The van der Waals surface area contributed by atoms with Crippen molar-refractivity contribution in [3.05, 3.63) is 65.7 Å². The molecule has 3 rings (SSSR count). The van der Waals surface area contributed by atoms with Gasteiger partial charge in [0.1, 0.15) is 0 Å². The molecule has 1 aliphatic rings. The van der Waals surface area contributed by atoms with Crippen LogP contribution in [0, 0.1) is 25.7 Å². The van der Waals surface area contributed by atoms with Gasteiger partial charge in [0.2, 0.25) is 5.91 Å². The van der Waals surface area contributed by atoms with E-state index >= 15 is 0 Å². The lowest BCUT2D eigenvalue weighted by Gasteiger charge is -2.24. The van der Waals surface area contributed by atoms with Crippen LogP contribution < -0.4 is 5.32 Å². The minimum atomic E-state index is -0.937. The molecule has 2 atom stereocenters. The van der Waals surface area contributed by atoms with Crippen LogP contribution in [0.2, 0.25) is 0 Å². The molecule has 0 fully saturated rings. The van der Waals surface area contributed by atoms with Crippen LogP contribution in [-0.2, 0) is 9.59 Å². The van der Waals surface area contributed by atoms with E-state index in [2.05, 4.69) is 15.5 Å². The summed E-state index contributed by atoms with van der Waals surface area (Å²) < 4.78 is 0. The van der Waals surface area contributed by atoms with Crippen molar-refractivity contribution in [2.24, 2.45) is 22.1 Å². The predicted molar refractivity (Wildman–Crippen MR) is 108 cm³/mol. The lowest BCUT2D eigenvalue weighted by molar-refractivity contribution is -0.146. The molecule has 0 spiro atoms. The number of aryl methyl sites for hydroxylation is 2. The third-order valence-electron chi connectivity index (χ3n) is 4.94. The van der Waals surface area contributed by atoms with Gasteiger partial charge < -0.3 is 10.4 Å². The molecule has 0 saturated carbocycles. The largest absolute Gasteiger partial charge is 0.481 e. The number of aliphatic carboxylic acids is 1. The van der Waals surface area contributed by atoms with Crippen molar-refractivity contribution in [1.29, 1.82) is 0 Å². The maximum absolute atomic E-state index is 12.6. The normalized spacial score (nSPS) is 18.9. The van der Waals surface area contributed by atoms with Crippen LogP contribution in [0.15, 0.2) is 64.8 Å². The summed E-state index contributed by atoms with van der Waals surface area (Å²) in [6.07, 6.45) is 4.50. The third-order valence-corrected chi connectivity index (χ3v) is 4.94. The van der Waals surface area contributed by atoms with Gasteiger partial charge in [0.15, 0.2) is 0 Å². The van der Waals surface area contributed by atoms with Crippen molar-refractivity contribution in [2.75, 3.05) is 5.32 Å². The first kappa shape index (κ1) is 19.5. The summed E-state index contributed by atoms with van der Waals surface area (Å²) in [5.74, 6) is -2.46. The van der Waals surface area contributed by atoms with E-state index in [1.54, 1.807) is 12.1 Å². The fraction of sp³-hybridized carbons (Fsp3) is 0.273. The number of nitrogens with one attached hydrogen (secondary N) is 1. The first-order valence-corrected chi connectivity index (χ1v) is 9.22. The SMILES string of the molecule is Cc1ccccc1N=Nc1ccc(NC(=O)C2CC=CCC2C(=O)O)c(C)c1. The second-order valence-electron chi connectivity index (χ2n) is 6.97. The van der Waals surface area contributed by atoms with Gasteiger partial charge in [-0.15, -0.1) is 0 Å². The second-order valence-corrected chi connectivity index (χ2v) is 6.97. The molecule has 2 aromatic carbocycles. The number of amides is 1. The minimum absolute atomic E-state index is 0.269. The molecule has 2 unspecified atom stereocenters. The zero-order valence-electron chi connectivity index (χ0n) is 15.9. The Kier molecular flexibility index (Phi) is 5.99. The lowest BCUT2D eigenvalue weighted by Crippen LogP contribution is -2.34. The molecule has 2 N–H and O–H groups in total. The Morgan fingerprint density at radius 1 is 0.964 bits per heavy atom. The quantitative estimate of drug-likeness (QED) is 0.545. The zero-order valence-corrected chi connectivity index (χ0v) is 15.9. The third kappa shape index (κ3) is 4.52. The van der Waals surface area contributed by atoms with Crippen molar-refractivity contribution < 1.29 is 14.7 Å². The molecule has 0 aliphatic heterocycles. The van der Waals surface area contributed by atoms with Crippen molar-refractivity contribution in [3.8, 4) is 0 Å². The standard InChI is InChI=1S/C22H23N3O3/c1-14-7-3-6-10-20(14)25-24-16-11-12-19(15(2)13-16)23-21(26)17-8-4-5-9-18(17)22(27)28/h3-7,10-13,17-18H,8-9H2,1-2H3,(H,23,26)(H,27,28). The number of carbonyl (C=O) groups is 2. The van der Waals surface area contributed by atoms with Gasteiger partial charge in [-0.3, -0.25) is 9.59 Å². The summed E-state index contributed by atoms with van der Waals surface area (Å²) >= 11 is 0. The molecule has 0 aromatic heterocycles. The second kappa shape index (κ2) is 8.61. The Morgan fingerprint density at radius 2 is 1.68 bits per heavy atom. The molecular weight excluding hydrogens is 354 g/mol. The van der Waals surface area contributed by atoms with E-state index in [0.717, 1.165) is 16.8 Å². The van der Waals surface area contributed by atoms with Crippen molar-refractivity contribution in [3.63, 3.8) is 0 Å². The summed E-state index contributed by atoms with van der Waals surface area (Å²) in [7, 11) is 0. The fourth-order valence-electron chi connectivity index (χ4n) is 3.24. The van der Waals surface area contributed by atoms with Gasteiger partial charge in [0.05, 0.1) is 23.2 Å². The molecule has 28 heavy (non-hydrogen) atoms. The Morgan fingerprint density at radius 3 is 2.36 bits per heavy atom. The van der Waals surface area contributed by atoms with Gasteiger partial charge in [0.25, 0.3) is 0 Å². The van der Waals surface area contributed by atoms with E-state index in [1.165, 1.54) is 0 Å². The van der Waals surface area contributed by atoms with Crippen molar-refractivity contribution in [2.45, 2.75) is 26.7 Å². The van der Waals surface area contributed by atoms with Crippen LogP contribution in [-0.4, -0.2) is 17.0 Å². The number of anilines is 1. The molecule has 1 amide bonds. The molecule has 0 heterocycles. The van der Waals surface area contributed by atoms with Crippen LogP contribution in [0.3, 0.4) is 0 Å². The van der Waals surface area contributed by atoms with Gasteiger partial charge in [-0.1, -0.05) is 30.4 Å². The zero-order chi connectivity index (χ0) is 20.1. The Labute approximate surface area is 164 Å². The highest BCUT2D eigenvalue weighted by molar-refractivity contribution is 5.96. The Bertz CT molecular complexity index is 950. The van der Waals surface area contributed by atoms with Crippen LogP contribution in [0.1, 0.15) is 24.0 Å². The smallest absolute Gasteiger partial charge is 0.307 e. The predicted octanol–water partition coefficient (Wildman–Crippen LogP) is 5.32. The van der Waals surface area contributed by atoms with E-state index in [0.29, 0.717) is 24.2 Å². The maximum Gasteiger partial charge on any atom is 0.307 e. The molecule has 0 saturated heterocycles. The molecule has 0 radical (unpaired) electrons. The Balaban J connectivity index is 1.72. The van der Waals surface area contributed by atoms with Gasteiger partial charge >= 0.3 is 5.97 Å². The van der Waals surface area contributed by atoms with Gasteiger partial charge in [0, 0.05) is 5.69 Å². The molecule has 2 aromatic rings. The van der Waals surface area contributed by atoms with Crippen molar-refractivity contribution in [1.82, 2.24) is 0 Å². The minimum Gasteiger partial charge on any atom is -0.481 e. The van der Waals surface area contributed by atoms with E-state index < -0.39 is 17.8 Å². The number of carbonyl (C=O) groups excluding carboxylic acids is 1. The molecule has 144 valence electrons. The number of carboxylic acids is 1. The number of azo groups is 1. The molecule has 0 bridgehead atoms. The summed E-state index contributed by atoms with van der Waals surface area (Å²) in [5.41, 5.74) is 4.03. The van der Waals surface area contributed by atoms with E-state index in [9.17, 15) is 14.7 Å². The first-order chi connectivity index (χ1) is 13.5. The highest BCUT2D eigenvalue weighted by Gasteiger charge is 2.34. The molecule has 6 nitrogen and oxygen atoms in total. The first-order valence-electron chi connectivity index (χ1n) is 9.22. The number of benzene rings is 2. The summed E-state index contributed by atoms with van der Waals surface area (Å²) in [4.78, 5) is 24.0. The molecular formula is C22H23N3O3. The Hall–Kier alpha value is -3.28. The fourth-order valence-corrected chi connectivity index (χ4v) is 3.24. The summed E-state index contributed by atoms with van der Waals surface area (Å²) in [6, 6.07) is 13.1. The van der Waals surface area contributed by atoms with E-state index in [1.807, 2.05) is 56.3 Å². The summed E-state index contributed by atoms with van der Waals surface area (Å²) in [6.45, 7) is 3.85.